The van der Waals surface area contributed by atoms with E-state index in [0.29, 0.717) is 11.6 Å². The molecule has 0 bridgehead atoms. The van der Waals surface area contributed by atoms with Gasteiger partial charge in [0.05, 0.1) is 0 Å². The first-order valence-electron chi connectivity index (χ1n) is 7.80. The number of hydrogen-bond donors (Lipinski definition) is 2. The minimum Gasteiger partial charge on any atom is -0.451 e. The van der Waals surface area contributed by atoms with Crippen molar-refractivity contribution in [3.05, 3.63) is 48.8 Å². The van der Waals surface area contributed by atoms with Gasteiger partial charge in [-0.15, -0.1) is 0 Å². The number of hydrogen-bond acceptors (Lipinski definition) is 7. The van der Waals surface area contributed by atoms with Crippen LogP contribution in [0.15, 0.2) is 48.8 Å². The number of amides is 3. The Morgan fingerprint density at radius 2 is 1.77 bits per heavy atom. The van der Waals surface area contributed by atoms with Gasteiger partial charge in [-0.1, -0.05) is 18.2 Å². The maximum absolute atomic E-state index is 11.9. The molecule has 136 valence electrons. The van der Waals surface area contributed by atoms with Crippen LogP contribution in [0, 0.1) is 0 Å². The van der Waals surface area contributed by atoms with Crippen molar-refractivity contribution in [2.24, 2.45) is 0 Å². The lowest BCUT2D eigenvalue weighted by Gasteiger charge is -2.18. The van der Waals surface area contributed by atoms with Crippen molar-refractivity contribution in [2.75, 3.05) is 23.8 Å². The maximum Gasteiger partial charge on any atom is 0.326 e. The van der Waals surface area contributed by atoms with Crippen molar-refractivity contribution in [1.82, 2.24) is 15.3 Å². The molecular weight excluding hydrogens is 338 g/mol. The number of carbonyl (C=O) groups excluding carboxylic acids is 3. The summed E-state index contributed by atoms with van der Waals surface area (Å²) in [6.07, 6.45) is 1.96. The predicted molar refractivity (Wildman–Crippen MR) is 94.5 cm³/mol. The highest BCUT2D eigenvalue weighted by atomic mass is 16.5. The number of para-hydroxylation sites is 1. The van der Waals surface area contributed by atoms with E-state index in [2.05, 4.69) is 20.6 Å². The lowest BCUT2D eigenvalue weighted by atomic mass is 10.3. The zero-order chi connectivity index (χ0) is 18.9. The number of esters is 1. The van der Waals surface area contributed by atoms with Crippen molar-refractivity contribution in [2.45, 2.75) is 13.0 Å². The second-order valence-electron chi connectivity index (χ2n) is 5.35. The molecule has 3 amide bonds. The van der Waals surface area contributed by atoms with Crippen LogP contribution in [0.1, 0.15) is 6.92 Å². The number of urea groups is 1. The lowest BCUT2D eigenvalue weighted by molar-refractivity contribution is -0.153. The van der Waals surface area contributed by atoms with Gasteiger partial charge in [-0.05, 0) is 25.1 Å². The van der Waals surface area contributed by atoms with Crippen LogP contribution >= 0.6 is 0 Å². The van der Waals surface area contributed by atoms with Crippen LogP contribution < -0.4 is 15.5 Å². The summed E-state index contributed by atoms with van der Waals surface area (Å²) in [4.78, 5) is 45.1. The number of nitrogens with zero attached hydrogens (tertiary/aromatic N) is 3. The summed E-state index contributed by atoms with van der Waals surface area (Å²) in [5.41, 5.74) is 0.534. The number of ether oxygens (including phenoxy) is 1. The molecule has 9 heteroatoms. The van der Waals surface area contributed by atoms with E-state index in [9.17, 15) is 14.4 Å². The van der Waals surface area contributed by atoms with Crippen LogP contribution in [-0.4, -0.2) is 47.6 Å². The van der Waals surface area contributed by atoms with Crippen molar-refractivity contribution in [3.8, 4) is 0 Å². The Morgan fingerprint density at radius 3 is 2.42 bits per heavy atom. The summed E-state index contributed by atoms with van der Waals surface area (Å²) in [6, 6.07) is 9.59. The van der Waals surface area contributed by atoms with E-state index in [1.54, 1.807) is 55.8 Å². The topological polar surface area (TPSA) is 114 Å². The van der Waals surface area contributed by atoms with Crippen LogP contribution in [0.25, 0.3) is 0 Å². The highest BCUT2D eigenvalue weighted by Gasteiger charge is 2.21. The Morgan fingerprint density at radius 1 is 1.12 bits per heavy atom. The molecule has 1 atom stereocenters. The standard InChI is InChI=1S/C17H19N5O4/c1-12(15(24)21-17(25)20-13-7-4-3-5-8-13)26-14(23)11-22(2)16-18-9-6-10-19-16/h3-10,12H,11H2,1-2H3,(H2,20,21,24,25). The van der Waals surface area contributed by atoms with Gasteiger partial charge in [-0.25, -0.2) is 14.8 Å². The monoisotopic (exact) mass is 357 g/mol. The van der Waals surface area contributed by atoms with E-state index in [-0.39, 0.29) is 6.54 Å². The van der Waals surface area contributed by atoms with Gasteiger partial charge in [0, 0.05) is 25.1 Å². The van der Waals surface area contributed by atoms with Gasteiger partial charge < -0.3 is 15.0 Å². The molecule has 0 aliphatic rings. The molecule has 1 unspecified atom stereocenters. The first-order valence-corrected chi connectivity index (χ1v) is 7.80. The Balaban J connectivity index is 1.78. The molecule has 0 fully saturated rings. The molecule has 1 aromatic carbocycles. The minimum absolute atomic E-state index is 0.141. The number of benzene rings is 1. The number of imide groups is 1. The number of aromatic nitrogens is 2. The summed E-state index contributed by atoms with van der Waals surface area (Å²) < 4.78 is 5.03. The Bertz CT molecular complexity index is 754. The second kappa shape index (κ2) is 9.11. The van der Waals surface area contributed by atoms with Crippen molar-refractivity contribution in [1.29, 1.82) is 0 Å². The highest BCUT2D eigenvalue weighted by Crippen LogP contribution is 2.05. The summed E-state index contributed by atoms with van der Waals surface area (Å²) in [5, 5.41) is 4.61. The Labute approximate surface area is 150 Å². The number of nitrogens with one attached hydrogen (secondary N) is 2. The van der Waals surface area contributed by atoms with Crippen LogP contribution in [0.2, 0.25) is 0 Å². The van der Waals surface area contributed by atoms with Gasteiger partial charge >= 0.3 is 12.0 Å². The first kappa shape index (κ1) is 18.8. The molecular formula is C17H19N5O4. The van der Waals surface area contributed by atoms with Gasteiger partial charge in [-0.3, -0.25) is 14.9 Å². The number of anilines is 2. The van der Waals surface area contributed by atoms with Crippen LogP contribution in [0.5, 0.6) is 0 Å². The quantitative estimate of drug-likeness (QED) is 0.747. The van der Waals surface area contributed by atoms with Gasteiger partial charge in [0.15, 0.2) is 6.10 Å². The van der Waals surface area contributed by atoms with Crippen molar-refractivity contribution >= 4 is 29.5 Å². The molecule has 9 nitrogen and oxygen atoms in total. The van der Waals surface area contributed by atoms with E-state index in [0.717, 1.165) is 0 Å². The van der Waals surface area contributed by atoms with E-state index >= 15 is 0 Å². The fourth-order valence-corrected chi connectivity index (χ4v) is 1.94. The smallest absolute Gasteiger partial charge is 0.326 e. The third kappa shape index (κ3) is 5.86. The number of rotatable bonds is 6. The molecule has 2 N–H and O–H groups in total. The van der Waals surface area contributed by atoms with Gasteiger partial charge in [-0.2, -0.15) is 0 Å². The van der Waals surface area contributed by atoms with Gasteiger partial charge in [0.25, 0.3) is 5.91 Å². The van der Waals surface area contributed by atoms with Crippen LogP contribution in [0.4, 0.5) is 16.4 Å². The Kier molecular flexibility index (Phi) is 6.60. The number of carbonyl (C=O) groups is 3. The summed E-state index contributed by atoms with van der Waals surface area (Å²) in [5.74, 6) is -1.03. The molecule has 1 heterocycles. The summed E-state index contributed by atoms with van der Waals surface area (Å²) in [6.45, 7) is 1.24. The molecule has 0 saturated carbocycles. The highest BCUT2D eigenvalue weighted by molar-refractivity contribution is 6.02. The van der Waals surface area contributed by atoms with Crippen molar-refractivity contribution in [3.63, 3.8) is 0 Å². The Hall–Kier alpha value is -3.49. The van der Waals surface area contributed by atoms with E-state index < -0.39 is 24.0 Å². The van der Waals surface area contributed by atoms with Gasteiger partial charge in [0.1, 0.15) is 6.54 Å². The predicted octanol–water partition coefficient (Wildman–Crippen LogP) is 1.19. The maximum atomic E-state index is 11.9. The molecule has 1 aromatic heterocycles. The molecule has 26 heavy (non-hydrogen) atoms. The molecule has 0 aliphatic carbocycles. The van der Waals surface area contributed by atoms with Crippen LogP contribution in [0.3, 0.4) is 0 Å². The zero-order valence-corrected chi connectivity index (χ0v) is 14.4. The molecule has 0 spiro atoms. The normalized spacial score (nSPS) is 11.2. The zero-order valence-electron chi connectivity index (χ0n) is 14.4. The third-order valence-electron chi connectivity index (χ3n) is 3.21. The van der Waals surface area contributed by atoms with Crippen LogP contribution in [-0.2, 0) is 14.3 Å². The van der Waals surface area contributed by atoms with Gasteiger partial charge in [0.2, 0.25) is 5.95 Å². The fourth-order valence-electron chi connectivity index (χ4n) is 1.94. The molecule has 0 saturated heterocycles. The van der Waals surface area contributed by atoms with E-state index in [1.807, 2.05) is 0 Å². The minimum atomic E-state index is -1.13. The molecule has 2 aromatic rings. The first-order chi connectivity index (χ1) is 12.5. The molecule has 2 rings (SSSR count). The molecule has 0 aliphatic heterocycles. The van der Waals surface area contributed by atoms with Crippen molar-refractivity contribution < 1.29 is 19.1 Å². The fraction of sp³-hybridized carbons (Fsp3) is 0.235. The lowest BCUT2D eigenvalue weighted by Crippen LogP contribution is -2.42. The average molecular weight is 357 g/mol. The largest absolute Gasteiger partial charge is 0.451 e. The number of likely N-dealkylation sites (N-methyl/N-ethyl adjacent to an activating group) is 1. The summed E-state index contributed by atoms with van der Waals surface area (Å²) >= 11 is 0. The van der Waals surface area contributed by atoms with E-state index in [4.69, 9.17) is 4.74 Å². The summed E-state index contributed by atoms with van der Waals surface area (Å²) in [7, 11) is 1.62. The van der Waals surface area contributed by atoms with E-state index in [1.165, 1.54) is 11.8 Å². The molecule has 0 radical (unpaired) electrons. The average Bonchev–Trinajstić information content (AvgIpc) is 2.62. The third-order valence-corrected chi connectivity index (χ3v) is 3.21. The SMILES string of the molecule is CC(OC(=O)CN(C)c1ncccn1)C(=O)NC(=O)Nc1ccccc1. The second-order valence-corrected chi connectivity index (χ2v) is 5.35.